The molecule has 1 N–H and O–H groups in total. The predicted octanol–water partition coefficient (Wildman–Crippen LogP) is -4.25. The zero-order valence-electron chi connectivity index (χ0n) is 22.4. The van der Waals surface area contributed by atoms with Crippen molar-refractivity contribution in [3.05, 3.63) is 12.2 Å². The molecule has 0 spiro atoms. The number of carboxylic acid groups (broad SMARTS) is 2. The number of amides is 1. The van der Waals surface area contributed by atoms with Crippen LogP contribution in [0.2, 0.25) is 0 Å². The zero-order chi connectivity index (χ0) is 25.7. The summed E-state index contributed by atoms with van der Waals surface area (Å²) in [6.45, 7) is 1.58. The van der Waals surface area contributed by atoms with Crippen LogP contribution in [-0.2, 0) is 28.7 Å². The van der Waals surface area contributed by atoms with E-state index in [9.17, 15) is 33.0 Å². The number of rotatable bonds is 23. The molecule has 0 aromatic rings. The van der Waals surface area contributed by atoms with Gasteiger partial charge in [0.15, 0.2) is 0 Å². The van der Waals surface area contributed by atoms with E-state index >= 15 is 0 Å². The molecule has 0 radical (unpaired) electrons. The first-order valence-corrected chi connectivity index (χ1v) is 13.9. The van der Waals surface area contributed by atoms with Crippen molar-refractivity contribution in [1.82, 2.24) is 5.32 Å². The summed E-state index contributed by atoms with van der Waals surface area (Å²) in [5.74, 6) is -4.20. The van der Waals surface area contributed by atoms with Gasteiger partial charge in [-0.25, -0.2) is 0 Å². The molecule has 0 fully saturated rings. The fraction of sp³-hybridized carbons (Fsp3) is 0.792. The molecule has 0 rings (SSSR count). The molecule has 198 valence electrons. The van der Waals surface area contributed by atoms with Gasteiger partial charge in [-0.3, -0.25) is 8.98 Å². The summed E-state index contributed by atoms with van der Waals surface area (Å²) in [4.78, 5) is 33.1. The molecule has 0 aromatic carbocycles. The molecule has 0 aliphatic carbocycles. The van der Waals surface area contributed by atoms with Crippen LogP contribution < -0.4 is 74.6 Å². The number of aliphatic carboxylic acids is 2. The smallest absolute Gasteiger partial charge is 0.550 e. The van der Waals surface area contributed by atoms with Crippen LogP contribution in [0.1, 0.15) is 103 Å². The number of nitrogens with one attached hydrogen (secondary N) is 1. The maximum atomic E-state index is 11.8. The summed E-state index contributed by atoms with van der Waals surface area (Å²) in [7, 11) is -4.70. The van der Waals surface area contributed by atoms with E-state index in [1.807, 2.05) is 0 Å². The van der Waals surface area contributed by atoms with E-state index in [-0.39, 0.29) is 71.6 Å². The topological polar surface area (TPSA) is 153 Å². The summed E-state index contributed by atoms with van der Waals surface area (Å²) >= 11 is 0. The van der Waals surface area contributed by atoms with Gasteiger partial charge >= 0.3 is 59.1 Å². The van der Waals surface area contributed by atoms with Gasteiger partial charge in [-0.15, -0.1) is 0 Å². The number of carbonyl (C=O) groups excluding carboxylic acids is 3. The first kappa shape index (κ1) is 40.6. The number of unbranched alkanes of at least 4 members (excludes halogenated alkanes) is 11. The van der Waals surface area contributed by atoms with E-state index in [0.29, 0.717) is 6.42 Å². The maximum Gasteiger partial charge on any atom is 1.00 e. The summed E-state index contributed by atoms with van der Waals surface area (Å²) in [5, 5.41) is 21.4. The average molecular weight is 550 g/mol. The van der Waals surface area contributed by atoms with Gasteiger partial charge in [0.05, 0.1) is 12.6 Å². The van der Waals surface area contributed by atoms with Crippen LogP contribution in [0.5, 0.6) is 0 Å². The molecular formula is C24H41NNa2O8S. The second-order valence-electron chi connectivity index (χ2n) is 8.38. The first-order chi connectivity index (χ1) is 16.2. The molecule has 0 saturated carbocycles. The normalized spacial score (nSPS) is 11.9. The fourth-order valence-corrected chi connectivity index (χ4v) is 4.39. The molecule has 12 heteroatoms. The minimum absolute atomic E-state index is 0. The largest absolute Gasteiger partial charge is 1.00 e. The SMILES string of the molecule is CCCCCCCC/C=C\CCCCCCCC(=O)NCCOS(=O)(=O)C(CC(=O)[O-])C(=O)[O-].[Na+].[Na+]. The third-order valence-corrected chi connectivity index (χ3v) is 6.85. The number of hydrogen-bond acceptors (Lipinski definition) is 8. The van der Waals surface area contributed by atoms with Crippen LogP contribution in [0.3, 0.4) is 0 Å². The van der Waals surface area contributed by atoms with E-state index in [1.165, 1.54) is 38.5 Å². The Morgan fingerprint density at radius 3 is 1.83 bits per heavy atom. The molecule has 1 unspecified atom stereocenters. The van der Waals surface area contributed by atoms with Gasteiger partial charge in [0.2, 0.25) is 5.91 Å². The van der Waals surface area contributed by atoms with Crippen molar-refractivity contribution in [2.45, 2.75) is 108 Å². The molecular weight excluding hydrogens is 508 g/mol. The van der Waals surface area contributed by atoms with Crippen LogP contribution in [0.15, 0.2) is 12.2 Å². The van der Waals surface area contributed by atoms with Gasteiger partial charge in [0.1, 0.15) is 5.25 Å². The fourth-order valence-electron chi connectivity index (χ4n) is 3.33. The van der Waals surface area contributed by atoms with Crippen molar-refractivity contribution in [1.29, 1.82) is 0 Å². The Morgan fingerprint density at radius 1 is 0.833 bits per heavy atom. The van der Waals surface area contributed by atoms with Gasteiger partial charge < -0.3 is 25.1 Å². The van der Waals surface area contributed by atoms with Gasteiger partial charge in [-0.2, -0.15) is 8.42 Å². The maximum absolute atomic E-state index is 11.8. The second-order valence-corrected chi connectivity index (χ2v) is 10.2. The number of hydrogen-bond donors (Lipinski definition) is 1. The minimum Gasteiger partial charge on any atom is -0.550 e. The molecule has 0 aliphatic heterocycles. The Hall–Kier alpha value is 0.0600. The van der Waals surface area contributed by atoms with Crippen molar-refractivity contribution >= 4 is 28.0 Å². The molecule has 0 aromatic heterocycles. The van der Waals surface area contributed by atoms with Crippen LogP contribution in [0.4, 0.5) is 0 Å². The van der Waals surface area contributed by atoms with Crippen molar-refractivity contribution < 1.29 is 96.3 Å². The third kappa shape index (κ3) is 24.4. The quantitative estimate of drug-likeness (QED) is 0.0582. The van der Waals surface area contributed by atoms with Crippen molar-refractivity contribution in [3.8, 4) is 0 Å². The molecule has 0 bridgehead atoms. The average Bonchev–Trinajstić information content (AvgIpc) is 2.77. The van der Waals surface area contributed by atoms with Crippen LogP contribution in [0.25, 0.3) is 0 Å². The third-order valence-electron chi connectivity index (χ3n) is 5.30. The molecule has 0 heterocycles. The number of carbonyl (C=O) groups is 3. The van der Waals surface area contributed by atoms with Crippen molar-refractivity contribution in [2.24, 2.45) is 0 Å². The summed E-state index contributed by atoms with van der Waals surface area (Å²) < 4.78 is 27.9. The van der Waals surface area contributed by atoms with Gasteiger partial charge in [0.25, 0.3) is 10.1 Å². The number of carboxylic acids is 2. The van der Waals surface area contributed by atoms with E-state index in [4.69, 9.17) is 0 Å². The van der Waals surface area contributed by atoms with E-state index in [0.717, 1.165) is 44.9 Å². The molecule has 1 amide bonds. The van der Waals surface area contributed by atoms with E-state index in [1.54, 1.807) is 0 Å². The summed E-state index contributed by atoms with van der Waals surface area (Å²) in [5.41, 5.74) is 0. The Bertz CT molecular complexity index is 717. The van der Waals surface area contributed by atoms with Gasteiger partial charge in [-0.1, -0.05) is 70.4 Å². The van der Waals surface area contributed by atoms with Crippen molar-refractivity contribution in [3.63, 3.8) is 0 Å². The Morgan fingerprint density at radius 2 is 1.33 bits per heavy atom. The minimum atomic E-state index is -4.70. The zero-order valence-corrected chi connectivity index (χ0v) is 27.2. The monoisotopic (exact) mass is 549 g/mol. The predicted molar refractivity (Wildman–Crippen MR) is 126 cm³/mol. The Balaban J connectivity index is -0.00000544. The molecule has 1 atom stereocenters. The van der Waals surface area contributed by atoms with Gasteiger partial charge in [-0.05, 0) is 32.1 Å². The Kier molecular flexibility index (Phi) is 30.0. The van der Waals surface area contributed by atoms with Crippen molar-refractivity contribution in [2.75, 3.05) is 13.2 Å². The Labute approximate surface area is 261 Å². The van der Waals surface area contributed by atoms with Crippen LogP contribution in [-0.4, -0.2) is 44.7 Å². The van der Waals surface area contributed by atoms with Crippen LogP contribution >= 0.6 is 0 Å². The summed E-state index contributed by atoms with van der Waals surface area (Å²) in [6, 6.07) is 0. The molecule has 9 nitrogen and oxygen atoms in total. The van der Waals surface area contributed by atoms with Crippen LogP contribution in [0, 0.1) is 0 Å². The first-order valence-electron chi connectivity index (χ1n) is 12.4. The van der Waals surface area contributed by atoms with E-state index < -0.39 is 40.3 Å². The molecule has 0 saturated heterocycles. The summed E-state index contributed by atoms with van der Waals surface area (Å²) in [6.07, 6.45) is 18.7. The number of allylic oxidation sites excluding steroid dienone is 2. The van der Waals surface area contributed by atoms with E-state index in [2.05, 4.69) is 28.6 Å². The standard InChI is InChI=1S/C24H43NO8S.2Na/c1-2-3-4-5-6-7-8-9-10-11-12-13-14-15-16-17-22(26)25-18-19-33-34(31,32)21(24(29)30)20-23(27)28;;/h9-10,21H,2-8,11-20H2,1H3,(H,25,26)(H,27,28)(H,29,30);;/q;2*+1/p-2/b10-9-;;. The van der Waals surface area contributed by atoms with Gasteiger partial charge in [0, 0.05) is 25.4 Å². The molecule has 0 aliphatic rings. The second kappa shape index (κ2) is 26.7. The molecule has 36 heavy (non-hydrogen) atoms.